The lowest BCUT2D eigenvalue weighted by molar-refractivity contribution is -0.141. The molecule has 0 unspecified atom stereocenters. The van der Waals surface area contributed by atoms with Gasteiger partial charge in [0.15, 0.2) is 0 Å². The SMILES string of the molecule is CC(=O)N[C@H](CCSc1ccccc1)C(=O)O. The lowest BCUT2D eigenvalue weighted by Crippen LogP contribution is -2.39. The summed E-state index contributed by atoms with van der Waals surface area (Å²) in [5.41, 5.74) is 0. The molecule has 17 heavy (non-hydrogen) atoms. The summed E-state index contributed by atoms with van der Waals surface area (Å²) in [7, 11) is 0. The van der Waals surface area contributed by atoms with Crippen LogP contribution in [0.5, 0.6) is 0 Å². The van der Waals surface area contributed by atoms with Gasteiger partial charge in [0, 0.05) is 17.6 Å². The highest BCUT2D eigenvalue weighted by atomic mass is 32.2. The van der Waals surface area contributed by atoms with E-state index in [9.17, 15) is 9.59 Å². The van der Waals surface area contributed by atoms with Gasteiger partial charge in [-0.2, -0.15) is 0 Å². The maximum atomic E-state index is 10.9. The molecule has 0 aliphatic heterocycles. The molecular weight excluding hydrogens is 238 g/mol. The van der Waals surface area contributed by atoms with Gasteiger partial charge < -0.3 is 10.4 Å². The Balaban J connectivity index is 2.37. The fraction of sp³-hybridized carbons (Fsp3) is 0.333. The van der Waals surface area contributed by atoms with Crippen molar-refractivity contribution in [2.75, 3.05) is 5.75 Å². The summed E-state index contributed by atoms with van der Waals surface area (Å²) >= 11 is 1.58. The van der Waals surface area contributed by atoms with Gasteiger partial charge in [-0.3, -0.25) is 4.79 Å². The molecule has 0 saturated carbocycles. The van der Waals surface area contributed by atoms with E-state index in [4.69, 9.17) is 5.11 Å². The second kappa shape index (κ2) is 6.96. The van der Waals surface area contributed by atoms with Crippen molar-refractivity contribution in [1.82, 2.24) is 5.32 Å². The van der Waals surface area contributed by atoms with Gasteiger partial charge >= 0.3 is 5.97 Å². The summed E-state index contributed by atoms with van der Waals surface area (Å²) in [6.45, 7) is 1.32. The Bertz CT molecular complexity index is 381. The minimum absolute atomic E-state index is 0.317. The molecule has 0 aromatic heterocycles. The van der Waals surface area contributed by atoms with Crippen LogP contribution in [0.4, 0.5) is 0 Å². The number of carboxylic acids is 1. The van der Waals surface area contributed by atoms with Gasteiger partial charge in [-0.1, -0.05) is 18.2 Å². The third-order valence-electron chi connectivity index (χ3n) is 2.09. The Hall–Kier alpha value is -1.49. The van der Waals surface area contributed by atoms with E-state index in [-0.39, 0.29) is 5.91 Å². The number of benzene rings is 1. The largest absolute Gasteiger partial charge is 0.480 e. The van der Waals surface area contributed by atoms with Crippen molar-refractivity contribution in [2.24, 2.45) is 0 Å². The van der Waals surface area contributed by atoms with Gasteiger partial charge in [0.2, 0.25) is 5.91 Å². The molecule has 1 rings (SSSR count). The number of rotatable bonds is 6. The maximum Gasteiger partial charge on any atom is 0.326 e. The van der Waals surface area contributed by atoms with Gasteiger partial charge in [-0.05, 0) is 18.6 Å². The summed E-state index contributed by atoms with van der Waals surface area (Å²) in [4.78, 5) is 22.8. The molecule has 1 aromatic carbocycles. The molecule has 0 aliphatic carbocycles. The van der Waals surface area contributed by atoms with E-state index in [1.54, 1.807) is 11.8 Å². The van der Waals surface area contributed by atoms with Crippen LogP contribution in [-0.2, 0) is 9.59 Å². The summed E-state index contributed by atoms with van der Waals surface area (Å²) < 4.78 is 0. The van der Waals surface area contributed by atoms with E-state index >= 15 is 0 Å². The summed E-state index contributed by atoms with van der Waals surface area (Å²) in [6.07, 6.45) is 0.411. The molecular formula is C12H15NO3S. The minimum atomic E-state index is -0.992. The molecule has 92 valence electrons. The second-order valence-electron chi connectivity index (χ2n) is 3.54. The normalized spacial score (nSPS) is 11.8. The third-order valence-corrected chi connectivity index (χ3v) is 3.14. The second-order valence-corrected chi connectivity index (χ2v) is 4.71. The highest BCUT2D eigenvalue weighted by Crippen LogP contribution is 2.18. The van der Waals surface area contributed by atoms with E-state index in [1.807, 2.05) is 30.3 Å². The molecule has 0 fully saturated rings. The lowest BCUT2D eigenvalue weighted by Gasteiger charge is -2.12. The summed E-state index contributed by atoms with van der Waals surface area (Å²) in [5, 5.41) is 11.3. The van der Waals surface area contributed by atoms with Crippen molar-refractivity contribution in [3.8, 4) is 0 Å². The number of carbonyl (C=O) groups is 2. The number of amides is 1. The zero-order chi connectivity index (χ0) is 12.7. The van der Waals surface area contributed by atoms with E-state index in [0.717, 1.165) is 4.90 Å². The number of aliphatic carboxylic acids is 1. The topological polar surface area (TPSA) is 66.4 Å². The van der Waals surface area contributed by atoms with E-state index in [2.05, 4.69) is 5.32 Å². The van der Waals surface area contributed by atoms with Crippen molar-refractivity contribution < 1.29 is 14.7 Å². The van der Waals surface area contributed by atoms with Gasteiger partial charge in [0.05, 0.1) is 0 Å². The van der Waals surface area contributed by atoms with Crippen LogP contribution >= 0.6 is 11.8 Å². The number of hydrogen-bond acceptors (Lipinski definition) is 3. The van der Waals surface area contributed by atoms with Gasteiger partial charge in [-0.15, -0.1) is 11.8 Å². The van der Waals surface area contributed by atoms with Crippen LogP contribution in [0.1, 0.15) is 13.3 Å². The Morgan fingerprint density at radius 3 is 2.53 bits per heavy atom. The Morgan fingerprint density at radius 1 is 1.35 bits per heavy atom. The van der Waals surface area contributed by atoms with Gasteiger partial charge in [0.25, 0.3) is 0 Å². The average Bonchev–Trinajstić information content (AvgIpc) is 2.28. The van der Waals surface area contributed by atoms with Crippen LogP contribution in [0.15, 0.2) is 35.2 Å². The highest BCUT2D eigenvalue weighted by molar-refractivity contribution is 7.99. The standard InChI is InChI=1S/C12H15NO3S/c1-9(14)13-11(12(15)16)7-8-17-10-5-3-2-4-6-10/h2-6,11H,7-8H2,1H3,(H,13,14)(H,15,16)/t11-/m1/s1. The predicted octanol–water partition coefficient (Wildman–Crippen LogP) is 1.76. The zero-order valence-corrected chi connectivity index (χ0v) is 10.4. The molecule has 0 aliphatic rings. The average molecular weight is 253 g/mol. The zero-order valence-electron chi connectivity index (χ0n) is 9.55. The van der Waals surface area contributed by atoms with Crippen molar-refractivity contribution in [1.29, 1.82) is 0 Å². The Kier molecular flexibility index (Phi) is 5.56. The van der Waals surface area contributed by atoms with Crippen LogP contribution < -0.4 is 5.32 Å². The molecule has 0 heterocycles. The molecule has 1 amide bonds. The van der Waals surface area contributed by atoms with E-state index in [1.165, 1.54) is 6.92 Å². The third kappa shape index (κ3) is 5.40. The number of carboxylic acid groups (broad SMARTS) is 1. The van der Waals surface area contributed by atoms with Crippen molar-refractivity contribution >= 4 is 23.6 Å². The first-order valence-electron chi connectivity index (χ1n) is 5.27. The fourth-order valence-corrected chi connectivity index (χ4v) is 2.25. The van der Waals surface area contributed by atoms with Crippen molar-refractivity contribution in [3.05, 3.63) is 30.3 Å². The minimum Gasteiger partial charge on any atom is -0.480 e. The molecule has 5 heteroatoms. The first kappa shape index (κ1) is 13.6. The summed E-state index contributed by atoms with van der Waals surface area (Å²) in [6, 6.07) is 8.94. The molecule has 0 saturated heterocycles. The van der Waals surface area contributed by atoms with Gasteiger partial charge in [-0.25, -0.2) is 4.79 Å². The van der Waals surface area contributed by atoms with Crippen LogP contribution in [-0.4, -0.2) is 28.8 Å². The summed E-state index contributed by atoms with van der Waals surface area (Å²) in [5.74, 6) is -0.655. The molecule has 2 N–H and O–H groups in total. The molecule has 0 spiro atoms. The van der Waals surface area contributed by atoms with Crippen LogP contribution in [0.25, 0.3) is 0 Å². The monoisotopic (exact) mass is 253 g/mol. The Morgan fingerprint density at radius 2 is 2.00 bits per heavy atom. The first-order valence-corrected chi connectivity index (χ1v) is 6.26. The number of hydrogen-bond donors (Lipinski definition) is 2. The molecule has 1 aromatic rings. The highest BCUT2D eigenvalue weighted by Gasteiger charge is 2.17. The van der Waals surface area contributed by atoms with E-state index < -0.39 is 12.0 Å². The fourth-order valence-electron chi connectivity index (χ4n) is 1.31. The molecule has 0 bridgehead atoms. The van der Waals surface area contributed by atoms with Crippen molar-refractivity contribution in [3.63, 3.8) is 0 Å². The van der Waals surface area contributed by atoms with Crippen molar-refractivity contribution in [2.45, 2.75) is 24.3 Å². The van der Waals surface area contributed by atoms with Crippen LogP contribution in [0.2, 0.25) is 0 Å². The first-order chi connectivity index (χ1) is 8.09. The number of carbonyl (C=O) groups excluding carboxylic acids is 1. The van der Waals surface area contributed by atoms with Gasteiger partial charge in [0.1, 0.15) is 6.04 Å². The van der Waals surface area contributed by atoms with Crippen LogP contribution in [0.3, 0.4) is 0 Å². The quantitative estimate of drug-likeness (QED) is 0.758. The maximum absolute atomic E-state index is 10.9. The van der Waals surface area contributed by atoms with E-state index in [0.29, 0.717) is 12.2 Å². The molecule has 4 nitrogen and oxygen atoms in total. The number of thioether (sulfide) groups is 1. The smallest absolute Gasteiger partial charge is 0.326 e. The molecule has 1 atom stereocenters. The lowest BCUT2D eigenvalue weighted by atomic mass is 10.2. The van der Waals surface area contributed by atoms with Crippen LogP contribution in [0, 0.1) is 0 Å². The predicted molar refractivity (Wildman–Crippen MR) is 67.0 cm³/mol. The molecule has 0 radical (unpaired) electrons. The number of nitrogens with one attached hydrogen (secondary N) is 1. The Labute approximate surface area is 104 Å².